The summed E-state index contributed by atoms with van der Waals surface area (Å²) in [4.78, 5) is 57.9. The van der Waals surface area contributed by atoms with Gasteiger partial charge >= 0.3 is 25.7 Å². The van der Waals surface area contributed by atoms with Crippen LogP contribution in [0.4, 0.5) is 0 Å². The van der Waals surface area contributed by atoms with Crippen molar-refractivity contribution in [1.29, 1.82) is 0 Å². The van der Waals surface area contributed by atoms with Crippen LogP contribution in [0, 0.1) is 5.41 Å². The molecule has 2 unspecified atom stereocenters. The predicted molar refractivity (Wildman–Crippen MR) is 124 cm³/mol. The number of carbonyl (C=O) groups excluding carboxylic acids is 3. The summed E-state index contributed by atoms with van der Waals surface area (Å²) in [6, 6.07) is -1.01. The molecule has 5 N–H and O–H groups in total. The largest absolute Gasteiger partial charge is 0.481 e. The lowest BCUT2D eigenvalue weighted by Gasteiger charge is -2.40. The van der Waals surface area contributed by atoms with Crippen molar-refractivity contribution in [2.45, 2.75) is 51.0 Å². The molecule has 1 heterocycles. The zero-order valence-corrected chi connectivity index (χ0v) is 21.6. The number of amides is 2. The van der Waals surface area contributed by atoms with E-state index in [1.807, 2.05) is 0 Å². The van der Waals surface area contributed by atoms with Crippen molar-refractivity contribution in [3.05, 3.63) is 0 Å². The van der Waals surface area contributed by atoms with E-state index >= 15 is 0 Å². The molecule has 1 aliphatic rings. The molecular weight excluding hydrogens is 509 g/mol. The third kappa shape index (κ3) is 10.5. The van der Waals surface area contributed by atoms with Crippen molar-refractivity contribution < 1.29 is 52.5 Å². The molecule has 1 aliphatic heterocycles. The number of carboxylic acid groups (broad SMARTS) is 2. The first-order chi connectivity index (χ1) is 16.2. The summed E-state index contributed by atoms with van der Waals surface area (Å²) in [5.74, 6) is -4.01. The van der Waals surface area contributed by atoms with Gasteiger partial charge in [-0.2, -0.15) is 0 Å². The first-order valence-electron chi connectivity index (χ1n) is 10.6. The Morgan fingerprint density at radius 3 is 2.40 bits per heavy atom. The Kier molecular flexibility index (Phi) is 12.1. The normalized spacial score (nSPS) is 22.9. The topological polar surface area (TPSA) is 207 Å². The van der Waals surface area contributed by atoms with E-state index in [4.69, 9.17) is 19.3 Å². The Labute approximate surface area is 206 Å². The molecular formula is C19H32N3O11PS. The molecule has 0 aromatic heterocycles. The first-order valence-corrected chi connectivity index (χ1v) is 13.2. The van der Waals surface area contributed by atoms with Crippen LogP contribution < -0.4 is 15.7 Å². The van der Waals surface area contributed by atoms with E-state index in [0.717, 1.165) is 11.8 Å². The van der Waals surface area contributed by atoms with Crippen molar-refractivity contribution in [2.24, 2.45) is 5.41 Å². The highest BCUT2D eigenvalue weighted by atomic mass is 32.2. The van der Waals surface area contributed by atoms with Gasteiger partial charge in [0, 0.05) is 30.7 Å². The molecule has 1 saturated heterocycles. The van der Waals surface area contributed by atoms with Gasteiger partial charge in [0.2, 0.25) is 11.8 Å². The van der Waals surface area contributed by atoms with Crippen molar-refractivity contribution in [2.75, 3.05) is 32.6 Å². The molecule has 35 heavy (non-hydrogen) atoms. The Hall–Kier alpha value is -2.19. The summed E-state index contributed by atoms with van der Waals surface area (Å²) >= 11 is 0.900. The number of methoxy groups -OCH3 is 1. The maximum Gasteiger partial charge on any atom is 0.407 e. The Morgan fingerprint density at radius 1 is 1.17 bits per heavy atom. The number of esters is 1. The quantitative estimate of drug-likeness (QED) is 0.111. The maximum absolute atomic E-state index is 12.9. The molecule has 0 aromatic rings. The number of ether oxygens (including phenoxy) is 1. The Balaban J connectivity index is 2.49. The van der Waals surface area contributed by atoms with Crippen LogP contribution in [0.2, 0.25) is 0 Å². The van der Waals surface area contributed by atoms with Crippen LogP contribution in [0.25, 0.3) is 0 Å². The molecule has 14 nitrogen and oxygen atoms in total. The SMILES string of the molecule is COC(=O)[C@H](C)NP1(=O)OCC(C)(C)[C@H](C(=O)NCCC(=O)NCCSC(CC(=O)O)C(=O)O)O1. The minimum atomic E-state index is -3.99. The molecule has 4 atom stereocenters. The van der Waals surface area contributed by atoms with E-state index < -0.39 is 66.7 Å². The zero-order chi connectivity index (χ0) is 26.8. The third-order valence-corrected chi connectivity index (χ3v) is 7.61. The molecule has 0 saturated carbocycles. The van der Waals surface area contributed by atoms with Crippen LogP contribution in [0.1, 0.15) is 33.6 Å². The fraction of sp³-hybridized carbons (Fsp3) is 0.737. The predicted octanol–water partition coefficient (Wildman–Crippen LogP) is -0.0292. The second-order valence-electron chi connectivity index (χ2n) is 8.31. The average Bonchev–Trinajstić information content (AvgIpc) is 2.76. The summed E-state index contributed by atoms with van der Waals surface area (Å²) in [6.45, 7) is 4.71. The Bertz CT molecular complexity index is 854. The smallest absolute Gasteiger partial charge is 0.407 e. The van der Waals surface area contributed by atoms with Crippen LogP contribution in [-0.4, -0.2) is 89.9 Å². The van der Waals surface area contributed by atoms with Gasteiger partial charge in [-0.1, -0.05) is 13.8 Å². The molecule has 0 bridgehead atoms. The lowest BCUT2D eigenvalue weighted by atomic mass is 9.87. The highest BCUT2D eigenvalue weighted by Crippen LogP contribution is 2.53. The van der Waals surface area contributed by atoms with Gasteiger partial charge in [0.05, 0.1) is 20.1 Å². The van der Waals surface area contributed by atoms with E-state index in [0.29, 0.717) is 0 Å². The van der Waals surface area contributed by atoms with Crippen LogP contribution in [-0.2, 0) is 42.3 Å². The van der Waals surface area contributed by atoms with E-state index in [-0.39, 0.29) is 31.9 Å². The monoisotopic (exact) mass is 541 g/mol. The fourth-order valence-corrected chi connectivity index (χ4v) is 5.67. The van der Waals surface area contributed by atoms with Gasteiger partial charge in [-0.25, -0.2) is 9.65 Å². The van der Waals surface area contributed by atoms with E-state index in [2.05, 4.69) is 20.5 Å². The van der Waals surface area contributed by atoms with Gasteiger partial charge in [-0.05, 0) is 6.92 Å². The summed E-state index contributed by atoms with van der Waals surface area (Å²) in [5, 5.41) is 24.1. The number of hydrogen-bond acceptors (Lipinski definition) is 10. The molecule has 200 valence electrons. The second kappa shape index (κ2) is 13.8. The van der Waals surface area contributed by atoms with Crippen molar-refractivity contribution in [1.82, 2.24) is 15.7 Å². The van der Waals surface area contributed by atoms with E-state index in [1.165, 1.54) is 14.0 Å². The number of nitrogens with one attached hydrogen (secondary N) is 3. The molecule has 0 spiro atoms. The second-order valence-corrected chi connectivity index (χ2v) is 11.3. The minimum Gasteiger partial charge on any atom is -0.481 e. The number of thioether (sulfide) groups is 1. The minimum absolute atomic E-state index is 0.0539. The maximum atomic E-state index is 12.9. The molecule has 0 aromatic carbocycles. The number of aliphatic carboxylic acids is 2. The van der Waals surface area contributed by atoms with Crippen molar-refractivity contribution >= 4 is 49.2 Å². The number of carbonyl (C=O) groups is 5. The summed E-state index contributed by atoms with van der Waals surface area (Å²) < 4.78 is 28.1. The van der Waals surface area contributed by atoms with Gasteiger partial charge in [-0.15, -0.1) is 11.8 Å². The first kappa shape index (κ1) is 30.8. The summed E-state index contributed by atoms with van der Waals surface area (Å²) in [5.41, 5.74) is -0.857. The lowest BCUT2D eigenvalue weighted by Crippen LogP contribution is -2.51. The molecule has 0 radical (unpaired) electrons. The van der Waals surface area contributed by atoms with Gasteiger partial charge in [0.25, 0.3) is 0 Å². The van der Waals surface area contributed by atoms with Gasteiger partial charge in [0.15, 0.2) is 6.10 Å². The van der Waals surface area contributed by atoms with Gasteiger partial charge in [0.1, 0.15) is 11.3 Å². The van der Waals surface area contributed by atoms with E-state index in [9.17, 15) is 28.5 Å². The van der Waals surface area contributed by atoms with Crippen LogP contribution in [0.3, 0.4) is 0 Å². The van der Waals surface area contributed by atoms with Gasteiger partial charge in [-0.3, -0.25) is 33.0 Å². The molecule has 1 fully saturated rings. The van der Waals surface area contributed by atoms with Crippen LogP contribution >= 0.6 is 19.5 Å². The Morgan fingerprint density at radius 2 is 1.83 bits per heavy atom. The summed E-state index contributed by atoms with van der Waals surface area (Å²) in [6.07, 6.45) is -1.82. The fourth-order valence-electron chi connectivity index (χ4n) is 2.82. The molecule has 16 heteroatoms. The highest BCUT2D eigenvalue weighted by molar-refractivity contribution is 8.00. The van der Waals surface area contributed by atoms with Crippen LogP contribution in [0.5, 0.6) is 0 Å². The summed E-state index contributed by atoms with van der Waals surface area (Å²) in [7, 11) is -2.83. The number of rotatable bonds is 14. The van der Waals surface area contributed by atoms with Crippen molar-refractivity contribution in [3.63, 3.8) is 0 Å². The highest BCUT2D eigenvalue weighted by Gasteiger charge is 2.48. The molecule has 2 amide bonds. The molecule has 0 aliphatic carbocycles. The number of carboxylic acids is 2. The lowest BCUT2D eigenvalue weighted by molar-refractivity contribution is -0.143. The van der Waals surface area contributed by atoms with Crippen LogP contribution in [0.15, 0.2) is 0 Å². The number of hydrogen-bond donors (Lipinski definition) is 5. The van der Waals surface area contributed by atoms with Crippen molar-refractivity contribution in [3.8, 4) is 0 Å². The zero-order valence-electron chi connectivity index (χ0n) is 19.9. The average molecular weight is 542 g/mol. The molecule has 1 rings (SSSR count). The standard InChI is InChI=1S/C19H32N3O11PS/c1-11(18(29)31-4)22-34(30)32-10-19(2,3)15(33-34)16(26)21-6-5-13(23)20-7-8-35-12(17(27)28)9-14(24)25/h11-12,15H,5-10H2,1-4H3,(H,20,23)(H,21,26)(H,22,30)(H,24,25)(H,27,28)/t11-,12?,15-,34?/m0/s1. The van der Waals surface area contributed by atoms with E-state index in [1.54, 1.807) is 13.8 Å². The third-order valence-electron chi connectivity index (χ3n) is 4.74. The van der Waals surface area contributed by atoms with Gasteiger partial charge < -0.3 is 25.6 Å².